The summed E-state index contributed by atoms with van der Waals surface area (Å²) in [6, 6.07) is 8.04. The van der Waals surface area contributed by atoms with E-state index < -0.39 is 0 Å². The highest BCUT2D eigenvalue weighted by atomic mass is 35.5. The zero-order valence-corrected chi connectivity index (χ0v) is 15.2. The van der Waals surface area contributed by atoms with Crippen molar-refractivity contribution in [1.29, 1.82) is 0 Å². The highest BCUT2D eigenvalue weighted by Crippen LogP contribution is 2.28. The van der Waals surface area contributed by atoms with E-state index in [0.717, 1.165) is 38.2 Å². The molecule has 0 radical (unpaired) electrons. The number of amides is 1. The third-order valence-electron chi connectivity index (χ3n) is 4.54. The molecule has 0 bridgehead atoms. The van der Waals surface area contributed by atoms with Crippen LogP contribution in [0.5, 0.6) is 5.75 Å². The van der Waals surface area contributed by atoms with Gasteiger partial charge in [-0.05, 0) is 49.9 Å². The second-order valence-electron chi connectivity index (χ2n) is 6.19. The Balaban J connectivity index is 0.00000264. The van der Waals surface area contributed by atoms with Crippen LogP contribution in [0.2, 0.25) is 0 Å². The van der Waals surface area contributed by atoms with E-state index in [1.54, 1.807) is 0 Å². The van der Waals surface area contributed by atoms with Crippen molar-refractivity contribution in [2.45, 2.75) is 32.6 Å². The summed E-state index contributed by atoms with van der Waals surface area (Å²) in [4.78, 5) is 14.2. The number of hydrogen-bond acceptors (Lipinski definition) is 3. The molecule has 5 heteroatoms. The highest BCUT2D eigenvalue weighted by molar-refractivity contribution is 5.85. The molecule has 1 amide bonds. The maximum absolute atomic E-state index is 12.3. The summed E-state index contributed by atoms with van der Waals surface area (Å²) in [5.41, 5.74) is 1.19. The summed E-state index contributed by atoms with van der Waals surface area (Å²) in [6.07, 6.45) is 2.14. The van der Waals surface area contributed by atoms with Crippen LogP contribution in [0.15, 0.2) is 24.3 Å². The van der Waals surface area contributed by atoms with Crippen LogP contribution in [-0.2, 0) is 4.79 Å². The SMILES string of the molecule is CCC(C)c1ccccc1OCC(=O)N1CCC(CNC)C1.Cl. The van der Waals surface area contributed by atoms with Crippen molar-refractivity contribution in [3.8, 4) is 5.75 Å². The lowest BCUT2D eigenvalue weighted by Gasteiger charge is -2.19. The quantitative estimate of drug-likeness (QED) is 0.829. The molecule has 0 spiro atoms. The van der Waals surface area contributed by atoms with Crippen molar-refractivity contribution in [3.63, 3.8) is 0 Å². The van der Waals surface area contributed by atoms with Crippen LogP contribution in [0.4, 0.5) is 0 Å². The normalized spacial score (nSPS) is 18.4. The maximum Gasteiger partial charge on any atom is 0.260 e. The van der Waals surface area contributed by atoms with Crippen LogP contribution in [-0.4, -0.2) is 44.1 Å². The highest BCUT2D eigenvalue weighted by Gasteiger charge is 2.26. The van der Waals surface area contributed by atoms with E-state index in [1.807, 2.05) is 30.1 Å². The second-order valence-corrected chi connectivity index (χ2v) is 6.19. The number of nitrogens with zero attached hydrogens (tertiary/aromatic N) is 1. The average molecular weight is 341 g/mol. The molecule has 2 atom stereocenters. The van der Waals surface area contributed by atoms with Gasteiger partial charge in [-0.15, -0.1) is 12.4 Å². The third-order valence-corrected chi connectivity index (χ3v) is 4.54. The molecular formula is C18H29ClN2O2. The lowest BCUT2D eigenvalue weighted by Crippen LogP contribution is -2.34. The smallest absolute Gasteiger partial charge is 0.260 e. The van der Waals surface area contributed by atoms with E-state index in [1.165, 1.54) is 5.56 Å². The Labute approximate surface area is 146 Å². The van der Waals surface area contributed by atoms with Gasteiger partial charge >= 0.3 is 0 Å². The van der Waals surface area contributed by atoms with Crippen LogP contribution in [0.25, 0.3) is 0 Å². The minimum absolute atomic E-state index is 0. The van der Waals surface area contributed by atoms with E-state index in [2.05, 4.69) is 25.2 Å². The summed E-state index contributed by atoms with van der Waals surface area (Å²) in [5, 5.41) is 3.18. The Kier molecular flexibility index (Phi) is 8.42. The molecular weight excluding hydrogens is 312 g/mol. The molecule has 1 aliphatic heterocycles. The first-order valence-electron chi connectivity index (χ1n) is 8.29. The number of nitrogens with one attached hydrogen (secondary N) is 1. The van der Waals surface area contributed by atoms with E-state index >= 15 is 0 Å². The number of rotatable bonds is 7. The Morgan fingerprint density at radius 2 is 2.17 bits per heavy atom. The number of halogens is 1. The number of carbonyl (C=O) groups excluding carboxylic acids is 1. The van der Waals surface area contributed by atoms with Gasteiger partial charge in [0.2, 0.25) is 0 Å². The minimum atomic E-state index is 0. The van der Waals surface area contributed by atoms with Gasteiger partial charge in [0.25, 0.3) is 5.91 Å². The van der Waals surface area contributed by atoms with Gasteiger partial charge < -0.3 is 15.0 Å². The fourth-order valence-electron chi connectivity index (χ4n) is 2.98. The summed E-state index contributed by atoms with van der Waals surface area (Å²) in [5.74, 6) is 1.95. The lowest BCUT2D eigenvalue weighted by molar-refractivity contribution is -0.132. The van der Waals surface area contributed by atoms with Gasteiger partial charge in [-0.3, -0.25) is 4.79 Å². The van der Waals surface area contributed by atoms with Gasteiger partial charge in [-0.1, -0.05) is 32.0 Å². The summed E-state index contributed by atoms with van der Waals surface area (Å²) >= 11 is 0. The molecule has 2 rings (SSSR count). The monoisotopic (exact) mass is 340 g/mol. The van der Waals surface area contributed by atoms with Gasteiger partial charge in [0.05, 0.1) is 0 Å². The zero-order valence-electron chi connectivity index (χ0n) is 14.4. The summed E-state index contributed by atoms with van der Waals surface area (Å²) < 4.78 is 5.82. The van der Waals surface area contributed by atoms with Gasteiger partial charge in [0.15, 0.2) is 6.61 Å². The second kappa shape index (κ2) is 9.78. The van der Waals surface area contributed by atoms with Crippen LogP contribution in [0, 0.1) is 5.92 Å². The number of carbonyl (C=O) groups is 1. The zero-order chi connectivity index (χ0) is 15.9. The molecule has 1 saturated heterocycles. The van der Waals surface area contributed by atoms with Crippen LogP contribution >= 0.6 is 12.4 Å². The molecule has 1 aliphatic rings. The molecule has 23 heavy (non-hydrogen) atoms. The standard InChI is InChI=1S/C18H28N2O2.ClH/c1-4-14(2)16-7-5-6-8-17(16)22-13-18(21)20-10-9-15(12-20)11-19-3;/h5-8,14-15,19H,4,9-13H2,1-3H3;1H. The molecule has 2 unspecified atom stereocenters. The lowest BCUT2D eigenvalue weighted by atomic mass is 9.98. The molecule has 130 valence electrons. The Hall–Kier alpha value is -1.26. The van der Waals surface area contributed by atoms with E-state index in [0.29, 0.717) is 11.8 Å². The average Bonchev–Trinajstić information content (AvgIpc) is 3.01. The van der Waals surface area contributed by atoms with Gasteiger partial charge in [-0.25, -0.2) is 0 Å². The molecule has 1 heterocycles. The number of para-hydroxylation sites is 1. The van der Waals surface area contributed by atoms with Crippen LogP contribution in [0.3, 0.4) is 0 Å². The van der Waals surface area contributed by atoms with E-state index in [4.69, 9.17) is 4.74 Å². The molecule has 0 saturated carbocycles. The van der Waals surface area contributed by atoms with Crippen molar-refractivity contribution in [1.82, 2.24) is 10.2 Å². The summed E-state index contributed by atoms with van der Waals surface area (Å²) in [7, 11) is 1.96. The molecule has 4 nitrogen and oxygen atoms in total. The molecule has 0 aromatic heterocycles. The van der Waals surface area contributed by atoms with Crippen molar-refractivity contribution in [2.75, 3.05) is 33.3 Å². The summed E-state index contributed by atoms with van der Waals surface area (Å²) in [6.45, 7) is 7.16. The predicted octanol–water partition coefficient (Wildman–Crippen LogP) is 3.07. The maximum atomic E-state index is 12.3. The van der Waals surface area contributed by atoms with Gasteiger partial charge in [-0.2, -0.15) is 0 Å². The Morgan fingerprint density at radius 3 is 2.87 bits per heavy atom. The minimum Gasteiger partial charge on any atom is -0.483 e. The first kappa shape index (κ1) is 19.8. The van der Waals surface area contributed by atoms with Crippen molar-refractivity contribution < 1.29 is 9.53 Å². The van der Waals surface area contributed by atoms with E-state index in [-0.39, 0.29) is 24.9 Å². The Bertz CT molecular complexity index is 496. The van der Waals surface area contributed by atoms with Gasteiger partial charge in [0.1, 0.15) is 5.75 Å². The molecule has 1 aromatic rings. The van der Waals surface area contributed by atoms with Crippen LogP contribution in [0.1, 0.15) is 38.2 Å². The fraction of sp³-hybridized carbons (Fsp3) is 0.611. The van der Waals surface area contributed by atoms with Crippen molar-refractivity contribution >= 4 is 18.3 Å². The van der Waals surface area contributed by atoms with Gasteiger partial charge in [0, 0.05) is 13.1 Å². The number of hydrogen-bond donors (Lipinski definition) is 1. The topological polar surface area (TPSA) is 41.6 Å². The number of benzene rings is 1. The molecule has 1 fully saturated rings. The third kappa shape index (κ3) is 5.40. The fourth-order valence-corrected chi connectivity index (χ4v) is 2.98. The largest absolute Gasteiger partial charge is 0.483 e. The first-order chi connectivity index (χ1) is 10.7. The van der Waals surface area contributed by atoms with Crippen molar-refractivity contribution in [2.24, 2.45) is 5.92 Å². The first-order valence-corrected chi connectivity index (χ1v) is 8.29. The van der Waals surface area contributed by atoms with E-state index in [9.17, 15) is 4.79 Å². The number of likely N-dealkylation sites (tertiary alicyclic amines) is 1. The van der Waals surface area contributed by atoms with Crippen LogP contribution < -0.4 is 10.1 Å². The Morgan fingerprint density at radius 1 is 1.43 bits per heavy atom. The molecule has 1 aromatic carbocycles. The number of ether oxygens (including phenoxy) is 1. The molecule has 1 N–H and O–H groups in total. The predicted molar refractivity (Wildman–Crippen MR) is 96.5 cm³/mol. The molecule has 0 aliphatic carbocycles. The van der Waals surface area contributed by atoms with Crippen molar-refractivity contribution in [3.05, 3.63) is 29.8 Å².